The zero-order valence-corrected chi connectivity index (χ0v) is 9.27. The van der Waals surface area contributed by atoms with E-state index in [-0.39, 0.29) is 17.7 Å². The van der Waals surface area contributed by atoms with Crippen molar-refractivity contribution in [3.63, 3.8) is 0 Å². The molecule has 0 aliphatic carbocycles. The van der Waals surface area contributed by atoms with E-state index in [9.17, 15) is 9.90 Å². The third-order valence-electron chi connectivity index (χ3n) is 1.45. The minimum atomic E-state index is -0.892. The molecule has 0 amide bonds. The van der Waals surface area contributed by atoms with Crippen molar-refractivity contribution in [1.82, 2.24) is 5.32 Å². The summed E-state index contributed by atoms with van der Waals surface area (Å²) in [4.78, 5) is 11.3. The SMILES string of the molecule is CC(C)(O)CC(=O)CNC(C)(C)C. The third kappa shape index (κ3) is 9.50. The molecule has 3 nitrogen and oxygen atoms in total. The second-order valence-corrected chi connectivity index (χ2v) is 5.13. The molecular weight excluding hydrogens is 166 g/mol. The predicted octanol–water partition coefficient (Wildman–Crippen LogP) is 1.10. The average molecular weight is 187 g/mol. The highest BCUT2D eigenvalue weighted by Gasteiger charge is 2.19. The molecule has 0 bridgehead atoms. The van der Waals surface area contributed by atoms with Crippen molar-refractivity contribution in [3.05, 3.63) is 0 Å². The molecule has 0 saturated carbocycles. The second-order valence-electron chi connectivity index (χ2n) is 5.13. The summed E-state index contributed by atoms with van der Waals surface area (Å²) in [5, 5.41) is 12.5. The maximum absolute atomic E-state index is 11.3. The van der Waals surface area contributed by atoms with Gasteiger partial charge in [0.1, 0.15) is 5.78 Å². The average Bonchev–Trinajstić information content (AvgIpc) is 1.78. The van der Waals surface area contributed by atoms with E-state index in [0.717, 1.165) is 0 Å². The maximum atomic E-state index is 11.3. The van der Waals surface area contributed by atoms with Gasteiger partial charge in [-0.1, -0.05) is 0 Å². The lowest BCUT2D eigenvalue weighted by Gasteiger charge is -2.21. The minimum absolute atomic E-state index is 0.0439. The Labute approximate surface area is 80.5 Å². The number of rotatable bonds is 4. The summed E-state index contributed by atoms with van der Waals surface area (Å²) < 4.78 is 0. The van der Waals surface area contributed by atoms with E-state index in [4.69, 9.17) is 0 Å². The van der Waals surface area contributed by atoms with Crippen molar-refractivity contribution in [2.75, 3.05) is 6.54 Å². The Balaban J connectivity index is 3.78. The summed E-state index contributed by atoms with van der Waals surface area (Å²) in [6, 6.07) is 0. The molecule has 0 radical (unpaired) electrons. The van der Waals surface area contributed by atoms with Crippen LogP contribution in [0.5, 0.6) is 0 Å². The minimum Gasteiger partial charge on any atom is -0.390 e. The molecule has 0 aliphatic rings. The highest BCUT2D eigenvalue weighted by Crippen LogP contribution is 2.07. The van der Waals surface area contributed by atoms with Gasteiger partial charge in [-0.25, -0.2) is 0 Å². The van der Waals surface area contributed by atoms with Gasteiger partial charge in [0.05, 0.1) is 12.1 Å². The summed E-state index contributed by atoms with van der Waals surface area (Å²) in [6.07, 6.45) is 0.204. The van der Waals surface area contributed by atoms with Gasteiger partial charge in [0.2, 0.25) is 0 Å². The molecule has 13 heavy (non-hydrogen) atoms. The summed E-state index contributed by atoms with van der Waals surface area (Å²) in [7, 11) is 0. The summed E-state index contributed by atoms with van der Waals surface area (Å²) in [6.45, 7) is 9.62. The molecule has 0 atom stereocenters. The Bertz CT molecular complexity index is 174. The Kier molecular flexibility index (Phi) is 4.07. The maximum Gasteiger partial charge on any atom is 0.149 e. The van der Waals surface area contributed by atoms with Gasteiger partial charge in [0.15, 0.2) is 0 Å². The lowest BCUT2D eigenvalue weighted by Crippen LogP contribution is -2.40. The lowest BCUT2D eigenvalue weighted by molar-refractivity contribution is -0.122. The molecule has 0 unspecified atom stereocenters. The van der Waals surface area contributed by atoms with E-state index < -0.39 is 5.60 Å². The number of hydrogen-bond acceptors (Lipinski definition) is 3. The quantitative estimate of drug-likeness (QED) is 0.693. The number of ketones is 1. The molecule has 3 heteroatoms. The normalized spacial score (nSPS) is 13.1. The van der Waals surface area contributed by atoms with Crippen LogP contribution in [0.2, 0.25) is 0 Å². The van der Waals surface area contributed by atoms with Crippen molar-refractivity contribution in [3.8, 4) is 0 Å². The molecule has 0 spiro atoms. The topological polar surface area (TPSA) is 49.3 Å². The van der Waals surface area contributed by atoms with Crippen LogP contribution in [0.25, 0.3) is 0 Å². The number of hydrogen-bond donors (Lipinski definition) is 2. The van der Waals surface area contributed by atoms with Crippen LogP contribution < -0.4 is 5.32 Å². The third-order valence-corrected chi connectivity index (χ3v) is 1.45. The molecule has 2 N–H and O–H groups in total. The number of nitrogens with one attached hydrogen (secondary N) is 1. The van der Waals surface area contributed by atoms with Crippen LogP contribution in [0.1, 0.15) is 41.0 Å². The van der Waals surface area contributed by atoms with Gasteiger partial charge in [-0.3, -0.25) is 4.79 Å². The summed E-state index contributed by atoms with van der Waals surface area (Å²) in [5.41, 5.74) is -0.939. The standard InChI is InChI=1S/C10H21NO2/c1-9(2,3)11-7-8(12)6-10(4,5)13/h11,13H,6-7H2,1-5H3. The van der Waals surface area contributed by atoms with Crippen molar-refractivity contribution in [2.45, 2.75) is 52.2 Å². The molecule has 0 rings (SSSR count). The number of carbonyl (C=O) groups excluding carboxylic acids is 1. The Morgan fingerprint density at radius 1 is 1.23 bits per heavy atom. The van der Waals surface area contributed by atoms with Gasteiger partial charge >= 0.3 is 0 Å². The molecule has 0 fully saturated rings. The Morgan fingerprint density at radius 3 is 2.00 bits per heavy atom. The van der Waals surface area contributed by atoms with Crippen molar-refractivity contribution >= 4 is 5.78 Å². The van der Waals surface area contributed by atoms with Gasteiger partial charge in [-0.05, 0) is 34.6 Å². The van der Waals surface area contributed by atoms with Crippen LogP contribution in [0.3, 0.4) is 0 Å². The second kappa shape index (κ2) is 4.20. The van der Waals surface area contributed by atoms with E-state index in [2.05, 4.69) is 5.32 Å². The largest absolute Gasteiger partial charge is 0.390 e. The fraction of sp³-hybridized carbons (Fsp3) is 0.900. The molecule has 0 heterocycles. The monoisotopic (exact) mass is 187 g/mol. The van der Waals surface area contributed by atoms with Crippen molar-refractivity contribution in [1.29, 1.82) is 0 Å². The van der Waals surface area contributed by atoms with Crippen LogP contribution in [0, 0.1) is 0 Å². The first kappa shape index (κ1) is 12.6. The van der Waals surface area contributed by atoms with Gasteiger partial charge in [0, 0.05) is 12.0 Å². The van der Waals surface area contributed by atoms with E-state index in [0.29, 0.717) is 6.54 Å². The Morgan fingerprint density at radius 2 is 1.69 bits per heavy atom. The van der Waals surface area contributed by atoms with E-state index in [1.165, 1.54) is 0 Å². The molecule has 0 aromatic carbocycles. The van der Waals surface area contributed by atoms with Crippen LogP contribution in [0.15, 0.2) is 0 Å². The lowest BCUT2D eigenvalue weighted by atomic mass is 10.0. The zero-order valence-electron chi connectivity index (χ0n) is 9.27. The number of Topliss-reactive ketones (excluding diaryl/α,β-unsaturated/α-hetero) is 1. The summed E-state index contributed by atoms with van der Waals surface area (Å²) in [5.74, 6) is 0.0439. The molecule has 0 aromatic rings. The van der Waals surface area contributed by atoms with Gasteiger partial charge in [-0.2, -0.15) is 0 Å². The first-order valence-corrected chi connectivity index (χ1v) is 4.59. The highest BCUT2D eigenvalue weighted by molar-refractivity contribution is 5.81. The molecule has 78 valence electrons. The van der Waals surface area contributed by atoms with E-state index in [1.807, 2.05) is 20.8 Å². The fourth-order valence-electron chi connectivity index (χ4n) is 0.909. The van der Waals surface area contributed by atoms with Crippen LogP contribution >= 0.6 is 0 Å². The smallest absolute Gasteiger partial charge is 0.149 e. The van der Waals surface area contributed by atoms with Gasteiger partial charge in [0.25, 0.3) is 0 Å². The van der Waals surface area contributed by atoms with Crippen LogP contribution in [-0.2, 0) is 4.79 Å². The van der Waals surface area contributed by atoms with E-state index >= 15 is 0 Å². The van der Waals surface area contributed by atoms with Crippen LogP contribution in [-0.4, -0.2) is 28.6 Å². The molecule has 0 aromatic heterocycles. The van der Waals surface area contributed by atoms with Crippen LogP contribution in [0.4, 0.5) is 0 Å². The molecule has 0 saturated heterocycles. The van der Waals surface area contributed by atoms with E-state index in [1.54, 1.807) is 13.8 Å². The molecule has 0 aliphatic heterocycles. The Hall–Kier alpha value is -0.410. The van der Waals surface area contributed by atoms with Crippen molar-refractivity contribution < 1.29 is 9.90 Å². The fourth-order valence-corrected chi connectivity index (χ4v) is 0.909. The summed E-state index contributed by atoms with van der Waals surface area (Å²) >= 11 is 0. The van der Waals surface area contributed by atoms with Gasteiger partial charge < -0.3 is 10.4 Å². The predicted molar refractivity (Wildman–Crippen MR) is 53.7 cm³/mol. The number of carbonyl (C=O) groups is 1. The first-order chi connectivity index (χ1) is 5.60. The molecular formula is C10H21NO2. The first-order valence-electron chi connectivity index (χ1n) is 4.59. The highest BCUT2D eigenvalue weighted by atomic mass is 16.3. The van der Waals surface area contributed by atoms with Gasteiger partial charge in [-0.15, -0.1) is 0 Å². The zero-order chi connectivity index (χ0) is 10.7. The van der Waals surface area contributed by atoms with Crippen molar-refractivity contribution in [2.24, 2.45) is 0 Å². The number of aliphatic hydroxyl groups is 1.